The quantitative estimate of drug-likeness (QED) is 0.847. The molecule has 88 valence electrons. The molecule has 0 aromatic heterocycles. The molecular weight excluding hydrogens is 224 g/mol. The normalized spacial score (nSPS) is 18.4. The van der Waals surface area contributed by atoms with Crippen LogP contribution in [0.15, 0.2) is 23.1 Å². The van der Waals surface area contributed by atoms with Gasteiger partial charge >= 0.3 is 0 Å². The third-order valence-electron chi connectivity index (χ3n) is 3.21. The third-order valence-corrected chi connectivity index (χ3v) is 5.02. The fraction of sp³-hybridized carbons (Fsp3) is 0.500. The van der Waals surface area contributed by atoms with E-state index in [1.165, 1.54) is 0 Å². The van der Waals surface area contributed by atoms with Gasteiger partial charge in [-0.25, -0.2) is 8.42 Å². The topological polar surface area (TPSA) is 54.4 Å². The largest absolute Gasteiger partial charge is 0.395 e. The SMILES string of the molecule is CC(C)(CO)c1ccc2c(c1)CCS2(=O)=O. The number of sulfone groups is 1. The molecule has 1 N–H and O–H groups in total. The number of rotatable bonds is 2. The lowest BCUT2D eigenvalue weighted by Gasteiger charge is -2.22. The first kappa shape index (κ1) is 11.6. The first-order chi connectivity index (χ1) is 7.37. The molecule has 0 fully saturated rings. The van der Waals surface area contributed by atoms with Crippen LogP contribution in [0, 0.1) is 0 Å². The Hall–Kier alpha value is -0.870. The molecule has 3 nitrogen and oxygen atoms in total. The fourth-order valence-electron chi connectivity index (χ4n) is 1.94. The van der Waals surface area contributed by atoms with E-state index in [1.54, 1.807) is 12.1 Å². The van der Waals surface area contributed by atoms with Crippen LogP contribution in [0.4, 0.5) is 0 Å². The maximum atomic E-state index is 11.6. The van der Waals surface area contributed by atoms with Crippen LogP contribution in [0.2, 0.25) is 0 Å². The van der Waals surface area contributed by atoms with Crippen molar-refractivity contribution in [2.24, 2.45) is 0 Å². The zero-order valence-electron chi connectivity index (χ0n) is 9.53. The van der Waals surface area contributed by atoms with E-state index < -0.39 is 9.84 Å². The van der Waals surface area contributed by atoms with E-state index in [9.17, 15) is 13.5 Å². The predicted octanol–water partition coefficient (Wildman–Crippen LogP) is 1.29. The number of fused-ring (bicyclic) bond motifs is 1. The van der Waals surface area contributed by atoms with Crippen molar-refractivity contribution >= 4 is 9.84 Å². The van der Waals surface area contributed by atoms with Gasteiger partial charge in [-0.05, 0) is 23.6 Å². The van der Waals surface area contributed by atoms with Gasteiger partial charge in [-0.1, -0.05) is 26.0 Å². The molecule has 0 saturated heterocycles. The number of aryl methyl sites for hydroxylation is 1. The van der Waals surface area contributed by atoms with Crippen molar-refractivity contribution in [3.8, 4) is 0 Å². The van der Waals surface area contributed by atoms with Crippen LogP contribution in [0.3, 0.4) is 0 Å². The van der Waals surface area contributed by atoms with Crippen LogP contribution in [0.25, 0.3) is 0 Å². The molecule has 0 atom stereocenters. The minimum Gasteiger partial charge on any atom is -0.395 e. The molecule has 1 heterocycles. The molecular formula is C12H16O3S. The van der Waals surface area contributed by atoms with Crippen molar-refractivity contribution in [1.82, 2.24) is 0 Å². The molecule has 0 radical (unpaired) electrons. The predicted molar refractivity (Wildman–Crippen MR) is 62.3 cm³/mol. The smallest absolute Gasteiger partial charge is 0.178 e. The summed E-state index contributed by atoms with van der Waals surface area (Å²) in [5.74, 6) is 0.214. The average Bonchev–Trinajstić information content (AvgIpc) is 2.55. The Morgan fingerprint density at radius 1 is 1.38 bits per heavy atom. The minimum absolute atomic E-state index is 0.0541. The second-order valence-corrected chi connectivity index (χ2v) is 7.01. The summed E-state index contributed by atoms with van der Waals surface area (Å²) in [7, 11) is -3.04. The van der Waals surface area contributed by atoms with E-state index in [4.69, 9.17) is 0 Å². The molecule has 0 amide bonds. The van der Waals surface area contributed by atoms with E-state index >= 15 is 0 Å². The molecule has 16 heavy (non-hydrogen) atoms. The molecule has 1 aromatic rings. The number of aliphatic hydroxyl groups is 1. The molecule has 0 bridgehead atoms. The van der Waals surface area contributed by atoms with Gasteiger partial charge in [-0.15, -0.1) is 0 Å². The average molecular weight is 240 g/mol. The molecule has 0 unspecified atom stereocenters. The molecule has 2 rings (SSSR count). The van der Waals surface area contributed by atoms with Crippen LogP contribution in [0.1, 0.15) is 25.0 Å². The van der Waals surface area contributed by atoms with Gasteiger partial charge in [0.1, 0.15) is 0 Å². The monoisotopic (exact) mass is 240 g/mol. The Morgan fingerprint density at radius 2 is 2.06 bits per heavy atom. The Labute approximate surface area is 96.0 Å². The summed E-state index contributed by atoms with van der Waals surface area (Å²) in [5, 5.41) is 9.28. The van der Waals surface area contributed by atoms with Crippen LogP contribution >= 0.6 is 0 Å². The van der Waals surface area contributed by atoms with Crippen molar-refractivity contribution in [2.75, 3.05) is 12.4 Å². The lowest BCUT2D eigenvalue weighted by atomic mass is 9.84. The van der Waals surface area contributed by atoms with Crippen molar-refractivity contribution in [1.29, 1.82) is 0 Å². The van der Waals surface area contributed by atoms with Crippen molar-refractivity contribution in [3.63, 3.8) is 0 Å². The standard InChI is InChI=1S/C12H16O3S/c1-12(2,8-13)10-3-4-11-9(7-10)5-6-16(11,14)15/h3-4,7,13H,5-6,8H2,1-2H3. The molecule has 0 spiro atoms. The van der Waals surface area contributed by atoms with E-state index in [0.29, 0.717) is 11.3 Å². The lowest BCUT2D eigenvalue weighted by molar-refractivity contribution is 0.218. The van der Waals surface area contributed by atoms with Gasteiger partial charge in [0.25, 0.3) is 0 Å². The van der Waals surface area contributed by atoms with Crippen LogP contribution < -0.4 is 0 Å². The Morgan fingerprint density at radius 3 is 2.69 bits per heavy atom. The number of benzene rings is 1. The highest BCUT2D eigenvalue weighted by Crippen LogP contribution is 2.31. The van der Waals surface area contributed by atoms with Crippen molar-refractivity contribution in [3.05, 3.63) is 29.3 Å². The Kier molecular flexibility index (Phi) is 2.59. The highest BCUT2D eigenvalue weighted by atomic mass is 32.2. The van der Waals surface area contributed by atoms with Gasteiger partial charge < -0.3 is 5.11 Å². The molecule has 1 aromatic carbocycles. The van der Waals surface area contributed by atoms with Crippen LogP contribution in [0.5, 0.6) is 0 Å². The van der Waals surface area contributed by atoms with Gasteiger partial charge in [0.2, 0.25) is 0 Å². The van der Waals surface area contributed by atoms with E-state index in [1.807, 2.05) is 19.9 Å². The first-order valence-corrected chi connectivity index (χ1v) is 6.99. The summed E-state index contributed by atoms with van der Waals surface area (Å²) >= 11 is 0. The molecule has 0 saturated carbocycles. The Bertz CT molecular complexity index is 515. The van der Waals surface area contributed by atoms with Gasteiger partial charge in [0, 0.05) is 5.41 Å². The summed E-state index contributed by atoms with van der Waals surface area (Å²) in [6, 6.07) is 5.39. The van der Waals surface area contributed by atoms with Gasteiger partial charge in [0.15, 0.2) is 9.84 Å². The summed E-state index contributed by atoms with van der Waals surface area (Å²) < 4.78 is 23.3. The number of hydrogen-bond acceptors (Lipinski definition) is 3. The van der Waals surface area contributed by atoms with Crippen molar-refractivity contribution < 1.29 is 13.5 Å². The maximum absolute atomic E-state index is 11.6. The van der Waals surface area contributed by atoms with Crippen molar-refractivity contribution in [2.45, 2.75) is 30.6 Å². The van der Waals surface area contributed by atoms with Crippen LogP contribution in [-0.4, -0.2) is 25.9 Å². The summed E-state index contributed by atoms with van der Waals surface area (Å²) in [4.78, 5) is 0.463. The summed E-state index contributed by atoms with van der Waals surface area (Å²) in [6.07, 6.45) is 0.590. The second kappa shape index (κ2) is 3.57. The summed E-state index contributed by atoms with van der Waals surface area (Å²) in [5.41, 5.74) is 1.56. The summed E-state index contributed by atoms with van der Waals surface area (Å²) in [6.45, 7) is 3.94. The molecule has 1 aliphatic rings. The number of hydrogen-bond donors (Lipinski definition) is 1. The highest BCUT2D eigenvalue weighted by molar-refractivity contribution is 7.91. The second-order valence-electron chi connectivity index (χ2n) is 4.93. The number of aliphatic hydroxyl groups excluding tert-OH is 1. The highest BCUT2D eigenvalue weighted by Gasteiger charge is 2.28. The molecule has 4 heteroatoms. The first-order valence-electron chi connectivity index (χ1n) is 5.34. The van der Waals surface area contributed by atoms with Gasteiger partial charge in [0.05, 0.1) is 17.3 Å². The molecule has 0 aliphatic carbocycles. The third kappa shape index (κ3) is 1.76. The zero-order valence-corrected chi connectivity index (χ0v) is 10.3. The molecule has 1 aliphatic heterocycles. The van der Waals surface area contributed by atoms with Crippen LogP contribution in [-0.2, 0) is 21.7 Å². The Balaban J connectivity index is 2.51. The van der Waals surface area contributed by atoms with E-state index in [2.05, 4.69) is 0 Å². The van der Waals surface area contributed by atoms with Gasteiger partial charge in [-0.2, -0.15) is 0 Å². The van der Waals surface area contributed by atoms with Gasteiger partial charge in [-0.3, -0.25) is 0 Å². The van der Waals surface area contributed by atoms with E-state index in [-0.39, 0.29) is 17.8 Å². The van der Waals surface area contributed by atoms with E-state index in [0.717, 1.165) is 11.1 Å². The minimum atomic E-state index is -3.04. The zero-order chi connectivity index (χ0) is 12.0. The lowest BCUT2D eigenvalue weighted by Crippen LogP contribution is -2.22. The maximum Gasteiger partial charge on any atom is 0.178 e. The fourth-order valence-corrected chi connectivity index (χ4v) is 3.49.